The van der Waals surface area contributed by atoms with Gasteiger partial charge in [-0.3, -0.25) is 9.20 Å². The van der Waals surface area contributed by atoms with Crippen LogP contribution >= 0.6 is 15.9 Å². The molecule has 0 unspecified atom stereocenters. The predicted octanol–water partition coefficient (Wildman–Crippen LogP) is 5.51. The van der Waals surface area contributed by atoms with Gasteiger partial charge in [0.15, 0.2) is 0 Å². The highest BCUT2D eigenvalue weighted by Gasteiger charge is 2.24. The van der Waals surface area contributed by atoms with E-state index in [2.05, 4.69) is 20.9 Å². The standard InChI is InChI=1S/C26H20BrN3O4S/c1-16-6-11-23(18(3)13-16)34-25-22(26(31)30-12-4-5-17(2)24(30)29-25)14-21(15-28)35(32,33)20-9-7-19(27)8-10-20/h4-14H,1-3H3/b21-14+. The molecule has 9 heteroatoms. The zero-order chi connectivity index (χ0) is 25.3. The van der Waals surface area contributed by atoms with Crippen LogP contribution in [0.3, 0.4) is 0 Å². The van der Waals surface area contributed by atoms with Crippen molar-refractivity contribution < 1.29 is 13.2 Å². The fourth-order valence-corrected chi connectivity index (χ4v) is 4.96. The van der Waals surface area contributed by atoms with Crippen LogP contribution in [0.2, 0.25) is 0 Å². The molecule has 0 fully saturated rings. The largest absolute Gasteiger partial charge is 0.438 e. The van der Waals surface area contributed by atoms with Crippen molar-refractivity contribution in [3.63, 3.8) is 0 Å². The van der Waals surface area contributed by atoms with E-state index in [4.69, 9.17) is 4.74 Å². The number of rotatable bonds is 5. The minimum atomic E-state index is -4.20. The maximum absolute atomic E-state index is 13.5. The molecule has 176 valence electrons. The molecule has 0 amide bonds. The molecule has 0 aliphatic rings. The Kier molecular flexibility index (Phi) is 6.61. The molecule has 2 heterocycles. The summed E-state index contributed by atoms with van der Waals surface area (Å²) in [4.78, 5) is 17.3. The van der Waals surface area contributed by atoms with Gasteiger partial charge in [0.2, 0.25) is 15.7 Å². The maximum Gasteiger partial charge on any atom is 0.269 e. The molecule has 0 radical (unpaired) electrons. The van der Waals surface area contributed by atoms with Crippen molar-refractivity contribution >= 4 is 37.5 Å². The summed E-state index contributed by atoms with van der Waals surface area (Å²) in [5, 5.41) is 9.77. The van der Waals surface area contributed by atoms with Crippen molar-refractivity contribution in [2.45, 2.75) is 25.7 Å². The van der Waals surface area contributed by atoms with E-state index in [9.17, 15) is 18.5 Å². The summed E-state index contributed by atoms with van der Waals surface area (Å²) >= 11 is 3.27. The number of aryl methyl sites for hydroxylation is 3. The van der Waals surface area contributed by atoms with Gasteiger partial charge in [-0.25, -0.2) is 8.42 Å². The molecule has 2 aromatic carbocycles. The van der Waals surface area contributed by atoms with Gasteiger partial charge in [-0.1, -0.05) is 39.7 Å². The third kappa shape index (κ3) is 4.76. The molecule has 0 saturated heterocycles. The average Bonchev–Trinajstić information content (AvgIpc) is 2.81. The van der Waals surface area contributed by atoms with Gasteiger partial charge in [0.05, 0.1) is 4.90 Å². The zero-order valence-electron chi connectivity index (χ0n) is 19.1. The van der Waals surface area contributed by atoms with E-state index < -0.39 is 20.3 Å². The third-order valence-corrected chi connectivity index (χ3v) is 7.60. The second-order valence-corrected chi connectivity index (χ2v) is 10.8. The number of allylic oxidation sites excluding steroid dienone is 1. The van der Waals surface area contributed by atoms with Crippen LogP contribution in [0.5, 0.6) is 11.6 Å². The van der Waals surface area contributed by atoms with Crippen LogP contribution in [-0.2, 0) is 9.84 Å². The Bertz CT molecular complexity index is 1700. The van der Waals surface area contributed by atoms with E-state index in [0.717, 1.165) is 22.8 Å². The quantitative estimate of drug-likeness (QED) is 0.304. The number of fused-ring (bicyclic) bond motifs is 1. The average molecular weight is 550 g/mol. The highest BCUT2D eigenvalue weighted by atomic mass is 79.9. The minimum absolute atomic E-state index is 0.0740. The Morgan fingerprint density at radius 2 is 1.80 bits per heavy atom. The number of hydrogen-bond donors (Lipinski definition) is 0. The molecule has 0 aliphatic heterocycles. The summed E-state index contributed by atoms with van der Waals surface area (Å²) in [5.74, 6) is 0.374. The topological polar surface area (TPSA) is 102 Å². The van der Waals surface area contributed by atoms with Crippen molar-refractivity contribution in [3.8, 4) is 17.7 Å². The summed E-state index contributed by atoms with van der Waals surface area (Å²) in [6.07, 6.45) is 2.56. The molecule has 7 nitrogen and oxygen atoms in total. The van der Waals surface area contributed by atoms with Crippen LogP contribution in [0.25, 0.3) is 11.7 Å². The maximum atomic E-state index is 13.5. The third-order valence-electron chi connectivity index (χ3n) is 5.39. The molecular weight excluding hydrogens is 530 g/mol. The van der Waals surface area contributed by atoms with Crippen LogP contribution in [-0.4, -0.2) is 17.8 Å². The molecule has 4 rings (SSSR count). The van der Waals surface area contributed by atoms with Gasteiger partial charge in [0.25, 0.3) is 5.56 Å². The van der Waals surface area contributed by atoms with Crippen molar-refractivity contribution in [1.82, 2.24) is 9.38 Å². The highest BCUT2D eigenvalue weighted by Crippen LogP contribution is 2.29. The lowest BCUT2D eigenvalue weighted by molar-refractivity contribution is 0.457. The monoisotopic (exact) mass is 549 g/mol. The van der Waals surface area contributed by atoms with Crippen molar-refractivity contribution in [1.29, 1.82) is 5.26 Å². The summed E-state index contributed by atoms with van der Waals surface area (Å²) < 4.78 is 34.4. The van der Waals surface area contributed by atoms with Gasteiger partial charge in [-0.2, -0.15) is 10.2 Å². The number of pyridine rings is 1. The Morgan fingerprint density at radius 1 is 1.09 bits per heavy atom. The molecule has 0 N–H and O–H groups in total. The van der Waals surface area contributed by atoms with Gasteiger partial charge in [0, 0.05) is 10.7 Å². The van der Waals surface area contributed by atoms with Gasteiger partial charge < -0.3 is 4.74 Å². The summed E-state index contributed by atoms with van der Waals surface area (Å²) in [5.41, 5.74) is 2.24. The fraction of sp³-hybridized carbons (Fsp3) is 0.115. The van der Waals surface area contributed by atoms with E-state index in [-0.39, 0.29) is 16.3 Å². The lowest BCUT2D eigenvalue weighted by Crippen LogP contribution is -2.20. The predicted molar refractivity (Wildman–Crippen MR) is 137 cm³/mol. The normalized spacial score (nSPS) is 11.9. The van der Waals surface area contributed by atoms with Crippen LogP contribution in [0.15, 0.2) is 79.9 Å². The molecule has 4 aromatic rings. The summed E-state index contributed by atoms with van der Waals surface area (Å²) in [6, 6.07) is 16.6. The van der Waals surface area contributed by atoms with Crippen LogP contribution in [0.1, 0.15) is 22.3 Å². The Hall–Kier alpha value is -3.74. The lowest BCUT2D eigenvalue weighted by atomic mass is 10.1. The van der Waals surface area contributed by atoms with Gasteiger partial charge in [0.1, 0.15) is 27.9 Å². The Morgan fingerprint density at radius 3 is 2.46 bits per heavy atom. The number of benzene rings is 2. The van der Waals surface area contributed by atoms with Gasteiger partial charge in [-0.15, -0.1) is 0 Å². The minimum Gasteiger partial charge on any atom is -0.438 e. The number of nitriles is 1. The Balaban J connectivity index is 1.97. The Labute approximate surface area is 211 Å². The van der Waals surface area contributed by atoms with Crippen LogP contribution in [0, 0.1) is 32.1 Å². The van der Waals surface area contributed by atoms with Gasteiger partial charge in [-0.05, 0) is 74.4 Å². The lowest BCUT2D eigenvalue weighted by Gasteiger charge is -2.13. The number of ether oxygens (including phenoxy) is 1. The molecule has 0 spiro atoms. The second kappa shape index (κ2) is 9.49. The van der Waals surface area contributed by atoms with E-state index >= 15 is 0 Å². The van der Waals surface area contributed by atoms with Gasteiger partial charge >= 0.3 is 0 Å². The summed E-state index contributed by atoms with van der Waals surface area (Å²) in [7, 11) is -4.20. The van der Waals surface area contributed by atoms with Crippen LogP contribution < -0.4 is 10.3 Å². The number of nitrogens with zero attached hydrogens (tertiary/aromatic N) is 3. The molecule has 0 atom stereocenters. The molecule has 35 heavy (non-hydrogen) atoms. The zero-order valence-corrected chi connectivity index (χ0v) is 21.5. The van der Waals surface area contributed by atoms with E-state index in [1.807, 2.05) is 26.0 Å². The number of aromatic nitrogens is 2. The van der Waals surface area contributed by atoms with Crippen molar-refractivity contribution in [3.05, 3.63) is 103 Å². The number of sulfone groups is 1. The molecule has 0 saturated carbocycles. The first-order chi connectivity index (χ1) is 16.6. The first kappa shape index (κ1) is 24.4. The first-order valence-electron chi connectivity index (χ1n) is 10.5. The molecule has 0 bridgehead atoms. The SMILES string of the molecule is Cc1ccc(Oc2nc3c(C)cccn3c(=O)c2/C=C(\C#N)S(=O)(=O)c2ccc(Br)cc2)c(C)c1. The molecule has 2 aromatic heterocycles. The number of halogens is 1. The smallest absolute Gasteiger partial charge is 0.269 e. The van der Waals surface area contributed by atoms with E-state index in [1.54, 1.807) is 43.3 Å². The van der Waals surface area contributed by atoms with Crippen molar-refractivity contribution in [2.24, 2.45) is 0 Å². The van der Waals surface area contributed by atoms with Crippen molar-refractivity contribution in [2.75, 3.05) is 0 Å². The summed E-state index contributed by atoms with van der Waals surface area (Å²) in [6.45, 7) is 5.60. The number of hydrogen-bond acceptors (Lipinski definition) is 6. The van der Waals surface area contributed by atoms with E-state index in [0.29, 0.717) is 15.9 Å². The fourth-order valence-electron chi connectivity index (χ4n) is 3.55. The second-order valence-electron chi connectivity index (χ2n) is 7.97. The van der Waals surface area contributed by atoms with E-state index in [1.165, 1.54) is 22.7 Å². The van der Waals surface area contributed by atoms with Crippen LogP contribution in [0.4, 0.5) is 0 Å². The highest BCUT2D eigenvalue weighted by molar-refractivity contribution is 9.10. The molecular formula is C26H20BrN3O4S. The first-order valence-corrected chi connectivity index (χ1v) is 12.8. The molecule has 0 aliphatic carbocycles.